The van der Waals surface area contributed by atoms with E-state index in [0.29, 0.717) is 18.7 Å². The fourth-order valence-corrected chi connectivity index (χ4v) is 4.89. The molecule has 2 aromatic carbocycles. The number of nitrogens with one attached hydrogen (secondary N) is 1. The van der Waals surface area contributed by atoms with Crippen LogP contribution in [0.15, 0.2) is 47.4 Å². The maximum atomic E-state index is 12.9. The number of nitrogens with zero attached hydrogens (tertiary/aromatic N) is 1. The molecule has 0 spiro atoms. The molecule has 0 radical (unpaired) electrons. The van der Waals surface area contributed by atoms with Gasteiger partial charge in [-0.2, -0.15) is 17.5 Å². The first kappa shape index (κ1) is 24.7. The molecule has 7 nitrogen and oxygen atoms in total. The van der Waals surface area contributed by atoms with Crippen LogP contribution in [-0.2, 0) is 25.7 Å². The Kier molecular flexibility index (Phi) is 7.43. The van der Waals surface area contributed by atoms with Crippen molar-refractivity contribution >= 4 is 27.6 Å². The Morgan fingerprint density at radius 1 is 1.03 bits per heavy atom. The molecule has 1 fully saturated rings. The highest BCUT2D eigenvalue weighted by molar-refractivity contribution is 7.89. The molecule has 33 heavy (non-hydrogen) atoms. The Morgan fingerprint density at radius 2 is 1.67 bits per heavy atom. The highest BCUT2D eigenvalue weighted by Crippen LogP contribution is 2.29. The third kappa shape index (κ3) is 6.11. The standard InChI is InChI=1S/C22H23F3N2O5S/c1-15-5-10-18(33(30,31)27-11-3-2-4-12-27)13-19(15)26-20(28)14-32-21(29)16-6-8-17(9-7-16)22(23,24)25/h5-10,13H,2-4,11-12,14H2,1H3,(H,26,28). The minimum Gasteiger partial charge on any atom is -0.452 e. The molecule has 1 N–H and O–H groups in total. The number of amides is 1. The zero-order valence-corrected chi connectivity index (χ0v) is 18.6. The van der Waals surface area contributed by atoms with Crippen LogP contribution in [0.3, 0.4) is 0 Å². The van der Waals surface area contributed by atoms with Crippen molar-refractivity contribution in [3.8, 4) is 0 Å². The van der Waals surface area contributed by atoms with Crippen molar-refractivity contribution in [2.75, 3.05) is 25.0 Å². The van der Waals surface area contributed by atoms with Gasteiger partial charge in [0.25, 0.3) is 5.91 Å². The number of carbonyl (C=O) groups excluding carboxylic acids is 2. The van der Waals surface area contributed by atoms with Crippen LogP contribution < -0.4 is 5.32 Å². The number of hydrogen-bond acceptors (Lipinski definition) is 5. The van der Waals surface area contributed by atoms with Crippen LogP contribution in [0.2, 0.25) is 0 Å². The van der Waals surface area contributed by atoms with Gasteiger partial charge in [0.2, 0.25) is 10.0 Å². The van der Waals surface area contributed by atoms with Crippen LogP contribution in [0.4, 0.5) is 18.9 Å². The number of aryl methyl sites for hydroxylation is 1. The number of hydrogen-bond donors (Lipinski definition) is 1. The van der Waals surface area contributed by atoms with Crippen LogP contribution in [0.1, 0.15) is 40.7 Å². The average Bonchev–Trinajstić information content (AvgIpc) is 2.79. The quantitative estimate of drug-likeness (QED) is 0.626. The predicted octanol–water partition coefficient (Wildman–Crippen LogP) is 3.98. The Labute approximate surface area is 189 Å². The summed E-state index contributed by atoms with van der Waals surface area (Å²) in [5.41, 5.74) is -0.188. The predicted molar refractivity (Wildman–Crippen MR) is 114 cm³/mol. The third-order valence-electron chi connectivity index (χ3n) is 5.22. The Hall–Kier alpha value is -2.92. The van der Waals surface area contributed by atoms with Gasteiger partial charge in [0, 0.05) is 18.8 Å². The van der Waals surface area contributed by atoms with E-state index < -0.39 is 40.2 Å². The molecule has 1 aliphatic heterocycles. The molecule has 11 heteroatoms. The maximum absolute atomic E-state index is 12.9. The average molecular weight is 484 g/mol. The number of esters is 1. The Bertz CT molecular complexity index is 1130. The Morgan fingerprint density at radius 3 is 2.27 bits per heavy atom. The molecular formula is C22H23F3N2O5S. The van der Waals surface area contributed by atoms with Gasteiger partial charge in [0.05, 0.1) is 16.0 Å². The number of sulfonamides is 1. The first-order valence-electron chi connectivity index (χ1n) is 10.2. The second kappa shape index (κ2) is 9.92. The number of anilines is 1. The summed E-state index contributed by atoms with van der Waals surface area (Å²) in [5, 5.41) is 2.51. The number of benzene rings is 2. The highest BCUT2D eigenvalue weighted by atomic mass is 32.2. The molecule has 0 unspecified atom stereocenters. The van der Waals surface area contributed by atoms with E-state index >= 15 is 0 Å². The molecule has 0 saturated carbocycles. The van der Waals surface area contributed by atoms with Gasteiger partial charge in [-0.1, -0.05) is 12.5 Å². The summed E-state index contributed by atoms with van der Waals surface area (Å²) in [4.78, 5) is 24.3. The van der Waals surface area contributed by atoms with Gasteiger partial charge < -0.3 is 10.1 Å². The topological polar surface area (TPSA) is 92.8 Å². The van der Waals surface area contributed by atoms with E-state index in [2.05, 4.69) is 5.32 Å². The van der Waals surface area contributed by atoms with Crippen LogP contribution in [0.25, 0.3) is 0 Å². The van der Waals surface area contributed by atoms with Crippen molar-refractivity contribution < 1.29 is 35.9 Å². The third-order valence-corrected chi connectivity index (χ3v) is 7.11. The van der Waals surface area contributed by atoms with E-state index in [4.69, 9.17) is 4.74 Å². The molecular weight excluding hydrogens is 461 g/mol. The van der Waals surface area contributed by atoms with Gasteiger partial charge in [0.15, 0.2) is 6.61 Å². The number of ether oxygens (including phenoxy) is 1. The molecule has 0 aliphatic carbocycles. The molecule has 3 rings (SSSR count). The largest absolute Gasteiger partial charge is 0.452 e. The maximum Gasteiger partial charge on any atom is 0.416 e. The van der Waals surface area contributed by atoms with Gasteiger partial charge in [-0.3, -0.25) is 4.79 Å². The van der Waals surface area contributed by atoms with Gasteiger partial charge in [-0.15, -0.1) is 0 Å². The van der Waals surface area contributed by atoms with Crippen molar-refractivity contribution in [1.29, 1.82) is 0 Å². The molecule has 2 aromatic rings. The molecule has 0 bridgehead atoms. The zero-order valence-electron chi connectivity index (χ0n) is 17.8. The van der Waals surface area contributed by atoms with E-state index in [1.165, 1.54) is 16.4 Å². The monoisotopic (exact) mass is 484 g/mol. The SMILES string of the molecule is Cc1ccc(S(=O)(=O)N2CCCCC2)cc1NC(=O)COC(=O)c1ccc(C(F)(F)F)cc1. The van der Waals surface area contributed by atoms with Gasteiger partial charge >= 0.3 is 12.1 Å². The summed E-state index contributed by atoms with van der Waals surface area (Å²) in [6.45, 7) is 1.87. The van der Waals surface area contributed by atoms with Crippen molar-refractivity contribution in [2.24, 2.45) is 0 Å². The molecule has 1 saturated heterocycles. The van der Waals surface area contributed by atoms with Crippen molar-refractivity contribution in [3.05, 3.63) is 59.2 Å². The van der Waals surface area contributed by atoms with Gasteiger partial charge in [0.1, 0.15) is 0 Å². The highest BCUT2D eigenvalue weighted by Gasteiger charge is 2.30. The summed E-state index contributed by atoms with van der Waals surface area (Å²) < 4.78 is 69.9. The molecule has 1 aliphatic rings. The first-order chi connectivity index (χ1) is 15.5. The van der Waals surface area contributed by atoms with Gasteiger partial charge in [-0.25, -0.2) is 13.2 Å². The summed E-state index contributed by atoms with van der Waals surface area (Å²) in [5.74, 6) is -1.68. The number of halogens is 3. The minimum atomic E-state index is -4.53. The van der Waals surface area contributed by atoms with Gasteiger partial charge in [-0.05, 0) is 61.7 Å². The zero-order chi connectivity index (χ0) is 24.2. The van der Waals surface area contributed by atoms with Crippen LogP contribution >= 0.6 is 0 Å². The van der Waals surface area contributed by atoms with E-state index in [1.54, 1.807) is 13.0 Å². The fraction of sp³-hybridized carbons (Fsp3) is 0.364. The second-order valence-electron chi connectivity index (χ2n) is 7.64. The summed E-state index contributed by atoms with van der Waals surface area (Å²) in [6, 6.07) is 7.81. The molecule has 1 heterocycles. The molecule has 1 amide bonds. The summed E-state index contributed by atoms with van der Waals surface area (Å²) in [7, 11) is -3.70. The van der Waals surface area contributed by atoms with E-state index in [-0.39, 0.29) is 16.1 Å². The number of alkyl halides is 3. The first-order valence-corrected chi connectivity index (χ1v) is 11.7. The van der Waals surface area contributed by atoms with Crippen LogP contribution in [0, 0.1) is 6.92 Å². The Balaban J connectivity index is 1.63. The number of rotatable bonds is 6. The number of carbonyl (C=O) groups is 2. The molecule has 0 aromatic heterocycles. The van der Waals surface area contributed by atoms with Crippen LogP contribution in [0.5, 0.6) is 0 Å². The molecule has 178 valence electrons. The molecule has 0 atom stereocenters. The van der Waals surface area contributed by atoms with E-state index in [1.807, 2.05) is 0 Å². The smallest absolute Gasteiger partial charge is 0.416 e. The van der Waals surface area contributed by atoms with Crippen molar-refractivity contribution in [1.82, 2.24) is 4.31 Å². The lowest BCUT2D eigenvalue weighted by molar-refractivity contribution is -0.137. The fourth-order valence-electron chi connectivity index (χ4n) is 3.35. The summed E-state index contributed by atoms with van der Waals surface area (Å²) in [6.07, 6.45) is -1.97. The van der Waals surface area contributed by atoms with Crippen molar-refractivity contribution in [2.45, 2.75) is 37.3 Å². The normalized spacial score (nSPS) is 15.2. The van der Waals surface area contributed by atoms with E-state index in [9.17, 15) is 31.2 Å². The lowest BCUT2D eigenvalue weighted by atomic mass is 10.1. The number of piperidine rings is 1. The van der Waals surface area contributed by atoms with Crippen molar-refractivity contribution in [3.63, 3.8) is 0 Å². The lowest BCUT2D eigenvalue weighted by Gasteiger charge is -2.26. The minimum absolute atomic E-state index is 0.0482. The van der Waals surface area contributed by atoms with E-state index in [0.717, 1.165) is 43.5 Å². The lowest BCUT2D eigenvalue weighted by Crippen LogP contribution is -2.35. The van der Waals surface area contributed by atoms with Crippen LogP contribution in [-0.4, -0.2) is 44.3 Å². The second-order valence-corrected chi connectivity index (χ2v) is 9.58. The summed E-state index contributed by atoms with van der Waals surface area (Å²) >= 11 is 0.